The van der Waals surface area contributed by atoms with Crippen LogP contribution in [0.15, 0.2) is 16.0 Å². The predicted molar refractivity (Wildman–Crippen MR) is 50.2 cm³/mol. The average molecular weight is 190 g/mol. The number of hydrogen-bond acceptors (Lipinski definition) is 3. The van der Waals surface area contributed by atoms with E-state index in [1.165, 1.54) is 12.5 Å². The SMILES string of the molecule is C/C(=C\CN)C(=O)N=S(C)(C)=O. The van der Waals surface area contributed by atoms with Gasteiger partial charge in [0.05, 0.1) is 0 Å². The van der Waals surface area contributed by atoms with Crippen LogP contribution in [0.1, 0.15) is 6.92 Å². The molecule has 0 spiro atoms. The number of amides is 1. The van der Waals surface area contributed by atoms with Crippen LogP contribution in [-0.4, -0.2) is 29.2 Å². The summed E-state index contributed by atoms with van der Waals surface area (Å²) in [6.45, 7) is 1.89. The van der Waals surface area contributed by atoms with Crippen LogP contribution in [0.4, 0.5) is 0 Å². The van der Waals surface area contributed by atoms with E-state index in [2.05, 4.69) is 4.36 Å². The molecule has 70 valence electrons. The lowest BCUT2D eigenvalue weighted by molar-refractivity contribution is -0.114. The molecule has 0 aromatic carbocycles. The fraction of sp³-hybridized carbons (Fsp3) is 0.571. The maximum Gasteiger partial charge on any atom is 0.280 e. The first kappa shape index (κ1) is 11.3. The van der Waals surface area contributed by atoms with Gasteiger partial charge >= 0.3 is 0 Å². The zero-order chi connectivity index (χ0) is 9.78. The summed E-state index contributed by atoms with van der Waals surface area (Å²) in [4.78, 5) is 11.1. The minimum atomic E-state index is -2.34. The molecule has 12 heavy (non-hydrogen) atoms. The second-order valence-corrected chi connectivity index (χ2v) is 5.25. The predicted octanol–water partition coefficient (Wildman–Crippen LogP) is 0.146. The molecule has 0 radical (unpaired) electrons. The Kier molecular flexibility index (Phi) is 4.12. The number of nitrogens with two attached hydrogens (primary N) is 1. The average Bonchev–Trinajstić information content (AvgIpc) is 1.84. The number of nitrogens with zero attached hydrogens (tertiary/aromatic N) is 1. The fourth-order valence-corrected chi connectivity index (χ4v) is 1.08. The van der Waals surface area contributed by atoms with Gasteiger partial charge in [0.25, 0.3) is 5.91 Å². The van der Waals surface area contributed by atoms with E-state index in [0.717, 1.165) is 0 Å². The van der Waals surface area contributed by atoms with Crippen LogP contribution in [-0.2, 0) is 14.5 Å². The first-order chi connectivity index (χ1) is 5.37. The second-order valence-electron chi connectivity index (χ2n) is 2.70. The highest BCUT2D eigenvalue weighted by Gasteiger charge is 2.02. The van der Waals surface area contributed by atoms with Crippen molar-refractivity contribution >= 4 is 15.6 Å². The third-order valence-electron chi connectivity index (χ3n) is 1.06. The van der Waals surface area contributed by atoms with E-state index in [0.29, 0.717) is 12.1 Å². The lowest BCUT2D eigenvalue weighted by Gasteiger charge is -1.95. The van der Waals surface area contributed by atoms with Gasteiger partial charge in [0, 0.05) is 34.4 Å². The highest BCUT2D eigenvalue weighted by molar-refractivity contribution is 7.92. The first-order valence-electron chi connectivity index (χ1n) is 3.45. The quantitative estimate of drug-likeness (QED) is 0.630. The molecule has 0 aromatic heterocycles. The van der Waals surface area contributed by atoms with Gasteiger partial charge in [0.2, 0.25) is 0 Å². The molecule has 0 saturated carbocycles. The Labute approximate surface area is 73.0 Å². The van der Waals surface area contributed by atoms with E-state index in [9.17, 15) is 9.00 Å². The third kappa shape index (κ3) is 5.03. The molecule has 1 amide bonds. The number of hydrogen-bond donors (Lipinski definition) is 1. The summed E-state index contributed by atoms with van der Waals surface area (Å²) < 4.78 is 14.6. The van der Waals surface area contributed by atoms with Crippen molar-refractivity contribution < 1.29 is 9.00 Å². The first-order valence-corrected chi connectivity index (χ1v) is 5.78. The smallest absolute Gasteiger partial charge is 0.280 e. The maximum absolute atomic E-state index is 11.1. The molecule has 0 bridgehead atoms. The van der Waals surface area contributed by atoms with Crippen molar-refractivity contribution in [1.82, 2.24) is 0 Å². The standard InChI is InChI=1S/C7H14N2O2S/c1-6(4-5-8)7(10)9-12(2,3)11/h4H,5,8H2,1-3H3/b6-4+. The number of carbonyl (C=O) groups excluding carboxylic acids is 1. The van der Waals surface area contributed by atoms with E-state index in [-0.39, 0.29) is 0 Å². The van der Waals surface area contributed by atoms with E-state index >= 15 is 0 Å². The van der Waals surface area contributed by atoms with Crippen LogP contribution in [0.3, 0.4) is 0 Å². The van der Waals surface area contributed by atoms with Crippen molar-refractivity contribution in [2.75, 3.05) is 19.1 Å². The van der Waals surface area contributed by atoms with Gasteiger partial charge in [-0.2, -0.15) is 4.36 Å². The highest BCUT2D eigenvalue weighted by atomic mass is 32.2. The lowest BCUT2D eigenvalue weighted by atomic mass is 10.3. The largest absolute Gasteiger partial charge is 0.327 e. The molecule has 0 aromatic rings. The molecule has 0 aliphatic carbocycles. The molecule has 0 saturated heterocycles. The van der Waals surface area contributed by atoms with Crippen molar-refractivity contribution in [3.63, 3.8) is 0 Å². The van der Waals surface area contributed by atoms with Gasteiger partial charge in [-0.25, -0.2) is 4.21 Å². The van der Waals surface area contributed by atoms with Crippen LogP contribution in [0.5, 0.6) is 0 Å². The Balaban J connectivity index is 4.67. The summed E-state index contributed by atoms with van der Waals surface area (Å²) in [5.41, 5.74) is 5.63. The van der Waals surface area contributed by atoms with Gasteiger partial charge in [-0.3, -0.25) is 4.79 Å². The van der Waals surface area contributed by atoms with Crippen molar-refractivity contribution in [2.45, 2.75) is 6.92 Å². The lowest BCUT2D eigenvalue weighted by Crippen LogP contribution is -2.04. The summed E-state index contributed by atoms with van der Waals surface area (Å²) in [5.74, 6) is -0.449. The van der Waals surface area contributed by atoms with E-state index < -0.39 is 15.6 Å². The van der Waals surface area contributed by atoms with Gasteiger partial charge in [0.1, 0.15) is 0 Å². The molecule has 0 atom stereocenters. The molecule has 0 unspecified atom stereocenters. The molecule has 4 nitrogen and oxygen atoms in total. The van der Waals surface area contributed by atoms with Crippen LogP contribution in [0.25, 0.3) is 0 Å². The number of carbonyl (C=O) groups is 1. The summed E-state index contributed by atoms with van der Waals surface area (Å²) in [7, 11) is -2.34. The Morgan fingerprint density at radius 1 is 1.58 bits per heavy atom. The van der Waals surface area contributed by atoms with Gasteiger partial charge in [-0.1, -0.05) is 6.08 Å². The molecular formula is C7H14N2O2S. The molecule has 0 aliphatic heterocycles. The van der Waals surface area contributed by atoms with Crippen molar-refractivity contribution in [3.05, 3.63) is 11.6 Å². The Morgan fingerprint density at radius 3 is 2.42 bits per heavy atom. The van der Waals surface area contributed by atoms with Crippen molar-refractivity contribution in [1.29, 1.82) is 0 Å². The Bertz CT molecular complexity index is 303. The third-order valence-corrected chi connectivity index (χ3v) is 1.67. The van der Waals surface area contributed by atoms with E-state index in [1.807, 2.05) is 0 Å². The van der Waals surface area contributed by atoms with Crippen LogP contribution in [0, 0.1) is 0 Å². The molecule has 0 fully saturated rings. The fourth-order valence-electron chi connectivity index (χ4n) is 0.536. The normalized spacial score (nSPS) is 12.8. The van der Waals surface area contributed by atoms with Gasteiger partial charge < -0.3 is 5.73 Å². The molecule has 0 aliphatic rings. The molecule has 2 N–H and O–H groups in total. The molecular weight excluding hydrogens is 176 g/mol. The Morgan fingerprint density at radius 2 is 2.08 bits per heavy atom. The molecule has 0 rings (SSSR count). The monoisotopic (exact) mass is 190 g/mol. The number of rotatable bonds is 2. The van der Waals surface area contributed by atoms with Crippen LogP contribution >= 0.6 is 0 Å². The van der Waals surface area contributed by atoms with Gasteiger partial charge in [0.15, 0.2) is 0 Å². The van der Waals surface area contributed by atoms with E-state index in [1.54, 1.807) is 13.0 Å². The summed E-state index contributed by atoms with van der Waals surface area (Å²) >= 11 is 0. The molecule has 0 heterocycles. The highest BCUT2D eigenvalue weighted by Crippen LogP contribution is 1.97. The minimum absolute atomic E-state index is 0.293. The second kappa shape index (κ2) is 4.37. The summed E-state index contributed by atoms with van der Waals surface area (Å²) in [5, 5.41) is 0. The van der Waals surface area contributed by atoms with Gasteiger partial charge in [-0.05, 0) is 6.92 Å². The zero-order valence-corrected chi connectivity index (χ0v) is 8.35. The van der Waals surface area contributed by atoms with Gasteiger partial charge in [-0.15, -0.1) is 0 Å². The molecule has 5 heteroatoms. The van der Waals surface area contributed by atoms with Crippen LogP contribution < -0.4 is 5.73 Å². The maximum atomic E-state index is 11.1. The zero-order valence-electron chi connectivity index (χ0n) is 7.53. The Hall–Kier alpha value is -0.680. The van der Waals surface area contributed by atoms with Crippen molar-refractivity contribution in [3.8, 4) is 0 Å². The van der Waals surface area contributed by atoms with Crippen molar-refractivity contribution in [2.24, 2.45) is 10.1 Å². The summed E-state index contributed by atoms with van der Waals surface area (Å²) in [6.07, 6.45) is 4.39. The van der Waals surface area contributed by atoms with Crippen LogP contribution in [0.2, 0.25) is 0 Å². The van der Waals surface area contributed by atoms with E-state index in [4.69, 9.17) is 5.73 Å². The topological polar surface area (TPSA) is 72.5 Å². The summed E-state index contributed by atoms with van der Waals surface area (Å²) in [6, 6.07) is 0. The minimum Gasteiger partial charge on any atom is -0.327 e.